The number of hydrogen-bond acceptors (Lipinski definition) is 5. The first-order chi connectivity index (χ1) is 20.4. The van der Waals surface area contributed by atoms with Crippen molar-refractivity contribution in [2.45, 2.75) is 52.5 Å². The van der Waals surface area contributed by atoms with Crippen LogP contribution >= 0.6 is 11.3 Å². The highest BCUT2D eigenvalue weighted by Crippen LogP contribution is 2.34. The molecule has 4 aromatic carbocycles. The van der Waals surface area contributed by atoms with Gasteiger partial charge in [-0.2, -0.15) is 0 Å². The number of esters is 1. The predicted octanol–water partition coefficient (Wildman–Crippen LogP) is 7.01. The number of ether oxygens (including phenoxy) is 1. The van der Waals surface area contributed by atoms with E-state index < -0.39 is 12.0 Å². The first kappa shape index (κ1) is 27.9. The Morgan fingerprint density at radius 3 is 2.21 bits per heavy atom. The Hall–Kier alpha value is -4.29. The third-order valence-corrected chi connectivity index (χ3v) is 8.88. The summed E-state index contributed by atoms with van der Waals surface area (Å²) < 4.78 is 7.83. The van der Waals surface area contributed by atoms with Gasteiger partial charge in [-0.1, -0.05) is 111 Å². The van der Waals surface area contributed by atoms with Crippen molar-refractivity contribution < 1.29 is 9.53 Å². The highest BCUT2D eigenvalue weighted by atomic mass is 32.1. The summed E-state index contributed by atoms with van der Waals surface area (Å²) in [6, 6.07) is 26.3. The number of nitrogens with zero attached hydrogens (tertiary/aromatic N) is 2. The van der Waals surface area contributed by atoms with E-state index >= 15 is 0 Å². The fourth-order valence-corrected chi connectivity index (χ4v) is 6.84. The molecule has 0 bridgehead atoms. The molecular formula is C36H34N2O3S. The number of fused-ring (bicyclic) bond motifs is 3. The molecule has 5 aromatic rings. The minimum Gasteiger partial charge on any atom is -0.463 e. The number of allylic oxidation sites excluding steroid dienone is 1. The molecule has 1 atom stereocenters. The summed E-state index contributed by atoms with van der Waals surface area (Å²) in [4.78, 5) is 33.4. The third-order valence-electron chi connectivity index (χ3n) is 7.90. The molecule has 1 aromatic heterocycles. The van der Waals surface area contributed by atoms with Crippen LogP contribution in [-0.4, -0.2) is 17.1 Å². The van der Waals surface area contributed by atoms with Crippen LogP contribution in [0.25, 0.3) is 27.6 Å². The molecule has 1 aliphatic rings. The molecule has 5 nitrogen and oxygen atoms in total. The van der Waals surface area contributed by atoms with Crippen molar-refractivity contribution in [3.63, 3.8) is 0 Å². The number of aromatic nitrogens is 1. The van der Waals surface area contributed by atoms with Crippen LogP contribution < -0.4 is 14.9 Å². The molecule has 0 aliphatic carbocycles. The van der Waals surface area contributed by atoms with Crippen molar-refractivity contribution in [1.29, 1.82) is 0 Å². The van der Waals surface area contributed by atoms with Gasteiger partial charge in [-0.3, -0.25) is 9.36 Å². The molecule has 0 radical (unpaired) electrons. The van der Waals surface area contributed by atoms with Crippen LogP contribution in [0, 0.1) is 0 Å². The maximum absolute atomic E-state index is 14.3. The zero-order valence-corrected chi connectivity index (χ0v) is 25.2. The van der Waals surface area contributed by atoms with Crippen LogP contribution in [0.3, 0.4) is 0 Å². The number of thiazole rings is 1. The zero-order chi connectivity index (χ0) is 29.4. The third kappa shape index (κ3) is 4.90. The molecule has 2 heterocycles. The first-order valence-electron chi connectivity index (χ1n) is 14.6. The number of carbonyl (C=O) groups is 1. The lowest BCUT2D eigenvalue weighted by molar-refractivity contribution is -0.139. The van der Waals surface area contributed by atoms with Gasteiger partial charge < -0.3 is 4.74 Å². The summed E-state index contributed by atoms with van der Waals surface area (Å²) in [6.07, 6.45) is 3.44. The maximum atomic E-state index is 14.3. The Morgan fingerprint density at radius 1 is 0.976 bits per heavy atom. The van der Waals surface area contributed by atoms with E-state index in [4.69, 9.17) is 9.73 Å². The van der Waals surface area contributed by atoms with Crippen LogP contribution in [0.2, 0.25) is 0 Å². The summed E-state index contributed by atoms with van der Waals surface area (Å²) >= 11 is 1.38. The van der Waals surface area contributed by atoms with Gasteiger partial charge in [0.15, 0.2) is 4.80 Å². The Bertz CT molecular complexity index is 1980. The summed E-state index contributed by atoms with van der Waals surface area (Å²) in [7, 11) is 0. The summed E-state index contributed by atoms with van der Waals surface area (Å²) in [5.41, 5.74) is 4.05. The van der Waals surface area contributed by atoms with E-state index in [0.717, 1.165) is 39.1 Å². The highest BCUT2D eigenvalue weighted by molar-refractivity contribution is 7.07. The Labute approximate surface area is 249 Å². The Kier molecular flexibility index (Phi) is 7.65. The van der Waals surface area contributed by atoms with Crippen LogP contribution in [0.1, 0.15) is 69.2 Å². The second kappa shape index (κ2) is 11.5. The SMILES string of the molecule is CCCC1=C(C(=O)OCC)[C@H](c2ccc(C(C)C)cc2)n2c(s/c(=C\c3c4ccccc4cc4ccccc34)c2=O)=N1. The van der Waals surface area contributed by atoms with Crippen LogP contribution in [-0.2, 0) is 9.53 Å². The number of hydrogen-bond donors (Lipinski definition) is 0. The lowest BCUT2D eigenvalue weighted by Gasteiger charge is -2.26. The average molecular weight is 575 g/mol. The normalized spacial score (nSPS) is 15.4. The topological polar surface area (TPSA) is 60.7 Å². The summed E-state index contributed by atoms with van der Waals surface area (Å²) in [6.45, 7) is 8.42. The molecule has 212 valence electrons. The minimum atomic E-state index is -0.616. The molecule has 0 N–H and O–H groups in total. The summed E-state index contributed by atoms with van der Waals surface area (Å²) in [5.74, 6) is -0.0516. The predicted molar refractivity (Wildman–Crippen MR) is 172 cm³/mol. The fourth-order valence-electron chi connectivity index (χ4n) is 5.84. The number of carbonyl (C=O) groups excluding carboxylic acids is 1. The van der Waals surface area contributed by atoms with Crippen molar-refractivity contribution in [3.8, 4) is 0 Å². The zero-order valence-electron chi connectivity index (χ0n) is 24.4. The van der Waals surface area contributed by atoms with E-state index in [1.807, 2.05) is 42.5 Å². The quantitative estimate of drug-likeness (QED) is 0.155. The monoisotopic (exact) mass is 574 g/mol. The molecule has 6 heteroatoms. The van der Waals surface area contributed by atoms with Gasteiger partial charge in [-0.25, -0.2) is 9.79 Å². The average Bonchev–Trinajstić information content (AvgIpc) is 3.30. The summed E-state index contributed by atoms with van der Waals surface area (Å²) in [5, 5.41) is 4.41. The smallest absolute Gasteiger partial charge is 0.338 e. The van der Waals surface area contributed by atoms with Crippen molar-refractivity contribution in [2.75, 3.05) is 6.61 Å². The van der Waals surface area contributed by atoms with Crippen LogP contribution in [0.4, 0.5) is 0 Å². The van der Waals surface area contributed by atoms with Gasteiger partial charge in [0.05, 0.1) is 28.5 Å². The first-order valence-corrected chi connectivity index (χ1v) is 15.4. The van der Waals surface area contributed by atoms with E-state index in [9.17, 15) is 9.59 Å². The molecule has 0 fully saturated rings. The van der Waals surface area contributed by atoms with Crippen molar-refractivity contribution in [1.82, 2.24) is 4.57 Å². The second-order valence-corrected chi connectivity index (χ2v) is 12.0. The molecule has 0 spiro atoms. The molecule has 0 unspecified atom stereocenters. The molecule has 0 amide bonds. The number of rotatable bonds is 7. The molecule has 42 heavy (non-hydrogen) atoms. The lowest BCUT2D eigenvalue weighted by atomic mass is 9.92. The van der Waals surface area contributed by atoms with Crippen molar-refractivity contribution in [2.24, 2.45) is 4.99 Å². The van der Waals surface area contributed by atoms with Gasteiger partial charge >= 0.3 is 5.97 Å². The van der Waals surface area contributed by atoms with Crippen LogP contribution in [0.15, 0.2) is 99.9 Å². The minimum absolute atomic E-state index is 0.161. The van der Waals surface area contributed by atoms with Crippen molar-refractivity contribution >= 4 is 44.9 Å². The van der Waals surface area contributed by atoms with Gasteiger partial charge in [0.2, 0.25) is 0 Å². The lowest BCUT2D eigenvalue weighted by Crippen LogP contribution is -2.40. The Morgan fingerprint density at radius 2 is 1.62 bits per heavy atom. The van der Waals surface area contributed by atoms with E-state index in [2.05, 4.69) is 63.2 Å². The van der Waals surface area contributed by atoms with Gasteiger partial charge in [0, 0.05) is 0 Å². The van der Waals surface area contributed by atoms with E-state index in [0.29, 0.717) is 32.9 Å². The van der Waals surface area contributed by atoms with Gasteiger partial charge in [0.1, 0.15) is 0 Å². The molecule has 0 saturated carbocycles. The molecule has 0 saturated heterocycles. The van der Waals surface area contributed by atoms with Gasteiger partial charge in [-0.05, 0) is 69.6 Å². The van der Waals surface area contributed by atoms with E-state index in [1.54, 1.807) is 11.5 Å². The van der Waals surface area contributed by atoms with Crippen LogP contribution in [0.5, 0.6) is 0 Å². The van der Waals surface area contributed by atoms with Gasteiger partial charge in [0.25, 0.3) is 5.56 Å². The number of benzene rings is 4. The van der Waals surface area contributed by atoms with E-state index in [1.165, 1.54) is 16.9 Å². The maximum Gasteiger partial charge on any atom is 0.338 e. The van der Waals surface area contributed by atoms with Gasteiger partial charge in [-0.15, -0.1) is 0 Å². The molecule has 6 rings (SSSR count). The standard InChI is InChI=1S/C36H34N2O3S/c1-5-11-30-32(35(40)41-6-2)33(24-18-16-23(17-19-24)22(3)4)38-34(39)31(42-36(38)37-30)21-29-27-14-9-7-12-25(27)20-26-13-8-10-15-28(26)29/h7-10,12-22,33H,5-6,11H2,1-4H3/b31-21-/t33-/m0/s1. The fraction of sp³-hybridized carbons (Fsp3) is 0.250. The second-order valence-electron chi connectivity index (χ2n) is 11.0. The van der Waals surface area contributed by atoms with E-state index in [-0.39, 0.29) is 12.2 Å². The largest absolute Gasteiger partial charge is 0.463 e. The molecule has 1 aliphatic heterocycles. The molecular weight excluding hydrogens is 540 g/mol. The van der Waals surface area contributed by atoms with Crippen molar-refractivity contribution in [3.05, 3.63) is 127 Å². The Balaban J connectivity index is 1.64. The highest BCUT2D eigenvalue weighted by Gasteiger charge is 2.34.